The molecule has 2 aliphatic rings. The molecule has 0 atom stereocenters. The van der Waals surface area contributed by atoms with E-state index in [0.29, 0.717) is 11.2 Å². The van der Waals surface area contributed by atoms with E-state index >= 15 is 8.78 Å². The van der Waals surface area contributed by atoms with Gasteiger partial charge in [-0.25, -0.2) is 8.78 Å². The third kappa shape index (κ3) is 7.11. The Morgan fingerprint density at radius 1 is 0.333 bits per heavy atom. The maximum absolute atomic E-state index is 16.1. The van der Waals surface area contributed by atoms with Crippen LogP contribution in [-0.4, -0.2) is 4.57 Å². The first kappa shape index (κ1) is 52.4. The standard InChI is InChI=1S/C83H59F2N3O2/c1-81(2,3)48-38-42-50(43-39-48)86(70-36-18-28-60-58-26-16-32-66(84)77(58)89-79(60)70)72-46-64-74(55-23-9-7-20-52(55)72)75-56-24-10-8-21-53(56)73(47-65(75)83(64)62-30-12-14-35-69(62)88-68-34-13-11-22-54(68)57-25-15-31-63(83)76(57)88)87(51-44-40-49(41-45-51)82(4,5)6)71-37-19-29-61-59-27-17-33-67(85)78(59)90-80(61)71/h7-47H,1-6H3. The lowest BCUT2D eigenvalue weighted by Crippen LogP contribution is -2.34. The summed E-state index contributed by atoms with van der Waals surface area (Å²) in [7, 11) is 0. The van der Waals surface area contributed by atoms with Crippen molar-refractivity contribution in [3.63, 3.8) is 0 Å². The van der Waals surface area contributed by atoms with Crippen LogP contribution in [0.25, 0.3) is 104 Å². The van der Waals surface area contributed by atoms with E-state index in [9.17, 15) is 0 Å². The highest BCUT2D eigenvalue weighted by Gasteiger charge is 2.53. The molecular formula is C83H59F2N3O2. The zero-order chi connectivity index (χ0) is 60.7. The lowest BCUT2D eigenvalue weighted by Gasteiger charge is -2.40. The molecule has 432 valence electrons. The van der Waals surface area contributed by atoms with Crippen LogP contribution in [0, 0.1) is 11.6 Å². The van der Waals surface area contributed by atoms with Gasteiger partial charge in [-0.2, -0.15) is 0 Å². The summed E-state index contributed by atoms with van der Waals surface area (Å²) in [5, 5.41) is 9.68. The summed E-state index contributed by atoms with van der Waals surface area (Å²) in [5.74, 6) is -0.813. The van der Waals surface area contributed by atoms with Gasteiger partial charge in [0.15, 0.2) is 34.0 Å². The normalized spacial score (nSPS) is 13.4. The largest absolute Gasteiger partial charge is 0.451 e. The van der Waals surface area contributed by atoms with Gasteiger partial charge in [0.1, 0.15) is 0 Å². The third-order valence-electron chi connectivity index (χ3n) is 19.6. The van der Waals surface area contributed by atoms with Crippen LogP contribution in [0.2, 0.25) is 0 Å². The number of halogens is 2. The predicted molar refractivity (Wildman–Crippen MR) is 368 cm³/mol. The molecule has 3 aromatic heterocycles. The zero-order valence-electron chi connectivity index (χ0n) is 50.6. The van der Waals surface area contributed by atoms with Crippen LogP contribution in [0.3, 0.4) is 0 Å². The first-order chi connectivity index (χ1) is 43.8. The van der Waals surface area contributed by atoms with Gasteiger partial charge in [-0.3, -0.25) is 0 Å². The van der Waals surface area contributed by atoms with Gasteiger partial charge in [0, 0.05) is 54.5 Å². The molecule has 1 aliphatic carbocycles. The second kappa shape index (κ2) is 18.6. The number of aromatic nitrogens is 1. The SMILES string of the molecule is CC(C)(C)c1ccc(N(c2cc3c(c4ccccc24)-c2c(cc(N(c4ccc(C(C)(C)C)cc4)c4cccc5c4oc4c(F)cccc45)c4ccccc24)C32c3ccccc3-n3c4ccccc4c4cccc2c43)c2cccc3c2oc2c(F)cccc23)cc1. The number of para-hydroxylation sites is 7. The Labute approximate surface area is 518 Å². The number of benzene rings is 13. The molecule has 7 heteroatoms. The summed E-state index contributed by atoms with van der Waals surface area (Å²) in [4.78, 5) is 4.70. The molecule has 0 radical (unpaired) electrons. The molecule has 90 heavy (non-hydrogen) atoms. The first-order valence-electron chi connectivity index (χ1n) is 31.0. The molecule has 0 N–H and O–H groups in total. The zero-order valence-corrected chi connectivity index (χ0v) is 50.6. The Kier molecular flexibility index (Phi) is 10.8. The monoisotopic (exact) mass is 1170 g/mol. The van der Waals surface area contributed by atoms with Crippen LogP contribution in [-0.2, 0) is 16.2 Å². The van der Waals surface area contributed by atoms with Crippen molar-refractivity contribution in [1.82, 2.24) is 4.57 Å². The van der Waals surface area contributed by atoms with Crippen molar-refractivity contribution < 1.29 is 17.6 Å². The predicted octanol–water partition coefficient (Wildman–Crippen LogP) is 23.4. The van der Waals surface area contributed by atoms with Crippen molar-refractivity contribution in [2.45, 2.75) is 57.8 Å². The quantitative estimate of drug-likeness (QED) is 0.166. The molecule has 0 saturated heterocycles. The minimum atomic E-state index is -0.991. The number of fused-ring (bicyclic) bond motifs is 22. The van der Waals surface area contributed by atoms with E-state index in [4.69, 9.17) is 8.83 Å². The lowest BCUT2D eigenvalue weighted by atomic mass is 9.65. The molecule has 0 fully saturated rings. The molecule has 1 aliphatic heterocycles. The van der Waals surface area contributed by atoms with Gasteiger partial charge < -0.3 is 23.2 Å². The maximum atomic E-state index is 16.1. The summed E-state index contributed by atoms with van der Waals surface area (Å²) in [6.45, 7) is 13.5. The molecule has 5 nitrogen and oxygen atoms in total. The van der Waals surface area contributed by atoms with E-state index in [-0.39, 0.29) is 22.0 Å². The van der Waals surface area contributed by atoms with Gasteiger partial charge in [0.05, 0.1) is 44.9 Å². The fourth-order valence-electron chi connectivity index (χ4n) is 15.6. The summed E-state index contributed by atoms with van der Waals surface area (Å²) in [5.41, 5.74) is 18.4. The second-order valence-electron chi connectivity index (χ2n) is 26.6. The fraction of sp³-hybridized carbons (Fsp3) is 0.108. The molecule has 13 aromatic carbocycles. The van der Waals surface area contributed by atoms with Gasteiger partial charge in [0.25, 0.3) is 0 Å². The van der Waals surface area contributed by atoms with Crippen molar-refractivity contribution in [2.75, 3.05) is 9.80 Å². The van der Waals surface area contributed by atoms with E-state index in [0.717, 1.165) is 127 Å². The van der Waals surface area contributed by atoms with Crippen LogP contribution in [0.15, 0.2) is 258 Å². The Balaban J connectivity index is 1.02. The molecule has 1 spiro atoms. The molecule has 0 saturated carbocycles. The first-order valence-corrected chi connectivity index (χ1v) is 31.0. The molecule has 0 bridgehead atoms. The molecule has 16 aromatic rings. The topological polar surface area (TPSA) is 37.7 Å². The smallest absolute Gasteiger partial charge is 0.171 e. The van der Waals surface area contributed by atoms with Crippen molar-refractivity contribution in [1.29, 1.82) is 0 Å². The van der Waals surface area contributed by atoms with Crippen molar-refractivity contribution >= 4 is 121 Å². The van der Waals surface area contributed by atoms with E-state index in [1.54, 1.807) is 12.1 Å². The highest BCUT2D eigenvalue weighted by molar-refractivity contribution is 6.22. The molecular weight excluding hydrogens is 1110 g/mol. The van der Waals surface area contributed by atoms with E-state index in [2.05, 4.69) is 256 Å². The Morgan fingerprint density at radius 2 is 0.722 bits per heavy atom. The van der Waals surface area contributed by atoms with Gasteiger partial charge in [0.2, 0.25) is 0 Å². The average Bonchev–Trinajstić information content (AvgIpc) is 1.48. The van der Waals surface area contributed by atoms with Crippen molar-refractivity contribution in [3.8, 4) is 16.8 Å². The van der Waals surface area contributed by atoms with E-state index in [1.165, 1.54) is 34.0 Å². The van der Waals surface area contributed by atoms with Crippen molar-refractivity contribution in [2.24, 2.45) is 0 Å². The Morgan fingerprint density at radius 3 is 1.22 bits per heavy atom. The average molecular weight is 1170 g/mol. The summed E-state index contributed by atoms with van der Waals surface area (Å²) in [6.07, 6.45) is 0. The molecule has 0 amide bonds. The maximum Gasteiger partial charge on any atom is 0.171 e. The summed E-state index contributed by atoms with van der Waals surface area (Å²) in [6, 6.07) is 88.1. The Bertz CT molecular complexity index is 5460. The summed E-state index contributed by atoms with van der Waals surface area (Å²) >= 11 is 0. The molecule has 0 unspecified atom stereocenters. The van der Waals surface area contributed by atoms with E-state index < -0.39 is 17.0 Å². The van der Waals surface area contributed by atoms with Crippen LogP contribution >= 0.6 is 0 Å². The van der Waals surface area contributed by atoms with Gasteiger partial charge in [-0.1, -0.05) is 217 Å². The highest BCUT2D eigenvalue weighted by Crippen LogP contribution is 2.66. The minimum Gasteiger partial charge on any atom is -0.451 e. The van der Waals surface area contributed by atoms with Gasteiger partial charge >= 0.3 is 0 Å². The number of hydrogen-bond donors (Lipinski definition) is 0. The number of nitrogens with zero attached hydrogens (tertiary/aromatic N) is 3. The fourth-order valence-corrected chi connectivity index (χ4v) is 15.6. The number of hydrogen-bond acceptors (Lipinski definition) is 4. The molecule has 4 heterocycles. The highest BCUT2D eigenvalue weighted by atomic mass is 19.1. The van der Waals surface area contributed by atoms with E-state index in [1.807, 2.05) is 24.3 Å². The number of anilines is 6. The number of rotatable bonds is 6. The van der Waals surface area contributed by atoms with Gasteiger partial charge in [-0.15, -0.1) is 0 Å². The van der Waals surface area contributed by atoms with Crippen molar-refractivity contribution in [3.05, 3.63) is 294 Å². The number of furan rings is 2. The molecule has 18 rings (SSSR count). The van der Waals surface area contributed by atoms with Crippen LogP contribution in [0.1, 0.15) is 74.9 Å². The second-order valence-corrected chi connectivity index (χ2v) is 26.6. The Hall–Kier alpha value is -10.8. The van der Waals surface area contributed by atoms with Gasteiger partial charge in [-0.05, 0) is 139 Å². The lowest BCUT2D eigenvalue weighted by molar-refractivity contribution is 0.584. The third-order valence-corrected chi connectivity index (χ3v) is 19.6. The van der Waals surface area contributed by atoms with Crippen LogP contribution < -0.4 is 9.80 Å². The minimum absolute atomic E-state index is 0.112. The summed E-state index contributed by atoms with van der Waals surface area (Å²) < 4.78 is 48.3. The van der Waals surface area contributed by atoms with Crippen LogP contribution in [0.5, 0.6) is 0 Å². The van der Waals surface area contributed by atoms with Crippen LogP contribution in [0.4, 0.5) is 42.9 Å².